The van der Waals surface area contributed by atoms with Gasteiger partial charge in [0.25, 0.3) is 5.91 Å². The van der Waals surface area contributed by atoms with Crippen LogP contribution in [-0.2, 0) is 4.79 Å². The Morgan fingerprint density at radius 1 is 1.42 bits per heavy atom. The van der Waals surface area contributed by atoms with Gasteiger partial charge in [-0.15, -0.1) is 0 Å². The first kappa shape index (κ1) is 13.0. The van der Waals surface area contributed by atoms with E-state index in [0.29, 0.717) is 5.69 Å². The molecule has 1 amide bonds. The summed E-state index contributed by atoms with van der Waals surface area (Å²) in [5, 5.41) is 9.52. The molecule has 0 spiro atoms. The molecule has 2 rings (SSSR count). The number of carbonyl (C=O) groups excluding carboxylic acids is 1. The van der Waals surface area contributed by atoms with Crippen LogP contribution < -0.4 is 10.1 Å². The smallest absolute Gasteiger partial charge is 0.266 e. The molecule has 1 heterocycles. The van der Waals surface area contributed by atoms with Crippen molar-refractivity contribution in [3.05, 3.63) is 35.8 Å². The Hall–Kier alpha value is -2.44. The van der Waals surface area contributed by atoms with Gasteiger partial charge < -0.3 is 10.1 Å². The Kier molecular flexibility index (Phi) is 3.74. The number of rotatable bonds is 4. The molecule has 0 aliphatic heterocycles. The Balaban J connectivity index is 2.00. The second kappa shape index (κ2) is 5.47. The minimum atomic E-state index is -0.881. The predicted molar refractivity (Wildman–Crippen MR) is 64.2 cm³/mol. The summed E-state index contributed by atoms with van der Waals surface area (Å²) in [7, 11) is 0. The number of para-hydroxylation sites is 1. The Bertz CT molecular complexity index is 585. The Labute approximate surface area is 108 Å². The van der Waals surface area contributed by atoms with E-state index in [4.69, 9.17) is 4.74 Å². The van der Waals surface area contributed by atoms with Crippen LogP contribution in [0.3, 0.4) is 0 Å². The second-order valence-electron chi connectivity index (χ2n) is 3.88. The number of ether oxygens (including phenoxy) is 1. The van der Waals surface area contributed by atoms with Crippen molar-refractivity contribution in [1.82, 2.24) is 10.3 Å². The van der Waals surface area contributed by atoms with E-state index in [1.807, 2.05) is 0 Å². The van der Waals surface area contributed by atoms with E-state index in [0.717, 1.165) is 0 Å². The van der Waals surface area contributed by atoms with Crippen molar-refractivity contribution in [3.8, 4) is 5.75 Å². The summed E-state index contributed by atoms with van der Waals surface area (Å²) < 4.78 is 23.0. The van der Waals surface area contributed by atoms with E-state index < -0.39 is 17.8 Å². The van der Waals surface area contributed by atoms with Crippen LogP contribution in [0.5, 0.6) is 5.75 Å². The van der Waals surface area contributed by atoms with Gasteiger partial charge in [0.2, 0.25) is 0 Å². The molecule has 7 heteroatoms. The molecule has 6 nitrogen and oxygen atoms in total. The van der Waals surface area contributed by atoms with Gasteiger partial charge >= 0.3 is 0 Å². The van der Waals surface area contributed by atoms with Crippen molar-refractivity contribution in [2.75, 3.05) is 5.32 Å². The molecule has 0 fully saturated rings. The number of amides is 1. The summed E-state index contributed by atoms with van der Waals surface area (Å²) in [4.78, 5) is 11.8. The summed E-state index contributed by atoms with van der Waals surface area (Å²) >= 11 is 0. The SMILES string of the molecule is Cc1nonc1NC(=O)[C@@H](C)Oc1ccccc1F. The zero-order valence-corrected chi connectivity index (χ0v) is 10.4. The number of hydrogen-bond donors (Lipinski definition) is 1. The fourth-order valence-corrected chi connectivity index (χ4v) is 1.35. The summed E-state index contributed by atoms with van der Waals surface area (Å²) in [5.41, 5.74) is 0.450. The molecule has 1 N–H and O–H groups in total. The molecule has 0 aliphatic rings. The van der Waals surface area contributed by atoms with Gasteiger partial charge in [-0.3, -0.25) is 4.79 Å². The van der Waals surface area contributed by atoms with E-state index in [1.54, 1.807) is 13.0 Å². The molecule has 0 saturated heterocycles. The summed E-state index contributed by atoms with van der Waals surface area (Å²) in [6.07, 6.45) is -0.881. The van der Waals surface area contributed by atoms with Gasteiger partial charge in [0.05, 0.1) is 0 Å². The van der Waals surface area contributed by atoms with Crippen molar-refractivity contribution >= 4 is 11.7 Å². The van der Waals surface area contributed by atoms with Gasteiger partial charge in [-0.2, -0.15) is 0 Å². The van der Waals surface area contributed by atoms with E-state index in [9.17, 15) is 9.18 Å². The minimum absolute atomic E-state index is 0.0140. The maximum atomic E-state index is 13.4. The maximum absolute atomic E-state index is 13.4. The van der Waals surface area contributed by atoms with Crippen LogP contribution in [0.25, 0.3) is 0 Å². The Morgan fingerprint density at radius 3 is 2.79 bits per heavy atom. The van der Waals surface area contributed by atoms with Crippen LogP contribution in [0.1, 0.15) is 12.6 Å². The number of hydrogen-bond acceptors (Lipinski definition) is 5. The highest BCUT2D eigenvalue weighted by atomic mass is 19.1. The largest absolute Gasteiger partial charge is 0.478 e. The third kappa shape index (κ3) is 3.06. The second-order valence-corrected chi connectivity index (χ2v) is 3.88. The summed E-state index contributed by atoms with van der Waals surface area (Å²) in [6, 6.07) is 5.86. The predicted octanol–water partition coefficient (Wildman–Crippen LogP) is 1.92. The lowest BCUT2D eigenvalue weighted by Gasteiger charge is -2.14. The van der Waals surface area contributed by atoms with Gasteiger partial charge in [0.1, 0.15) is 5.69 Å². The van der Waals surface area contributed by atoms with Crippen molar-refractivity contribution < 1.29 is 18.6 Å². The van der Waals surface area contributed by atoms with Crippen LogP contribution in [0, 0.1) is 12.7 Å². The fraction of sp³-hybridized carbons (Fsp3) is 0.250. The highest BCUT2D eigenvalue weighted by Crippen LogP contribution is 2.17. The van der Waals surface area contributed by atoms with E-state index in [2.05, 4.69) is 20.3 Å². The molecule has 19 heavy (non-hydrogen) atoms. The molecule has 0 radical (unpaired) electrons. The van der Waals surface area contributed by atoms with Crippen LogP contribution in [0.15, 0.2) is 28.9 Å². The molecule has 1 atom stereocenters. The lowest BCUT2D eigenvalue weighted by Crippen LogP contribution is -2.30. The van der Waals surface area contributed by atoms with Gasteiger partial charge in [-0.1, -0.05) is 17.3 Å². The number of benzene rings is 1. The van der Waals surface area contributed by atoms with Crippen molar-refractivity contribution in [2.45, 2.75) is 20.0 Å². The zero-order valence-electron chi connectivity index (χ0n) is 10.4. The average Bonchev–Trinajstić information content (AvgIpc) is 2.78. The number of aryl methyl sites for hydroxylation is 1. The standard InChI is InChI=1S/C12H12FN3O3/c1-7-11(16-19-15-7)14-12(17)8(2)18-10-6-4-3-5-9(10)13/h3-6,8H,1-2H3,(H,14,16,17)/t8-/m1/s1. The highest BCUT2D eigenvalue weighted by molar-refractivity contribution is 5.93. The third-order valence-corrected chi connectivity index (χ3v) is 2.40. The van der Waals surface area contributed by atoms with Crippen molar-refractivity contribution in [3.63, 3.8) is 0 Å². The normalized spacial score (nSPS) is 11.9. The Morgan fingerprint density at radius 2 is 2.16 bits per heavy atom. The van der Waals surface area contributed by atoms with E-state index >= 15 is 0 Å². The molecule has 0 aliphatic carbocycles. The van der Waals surface area contributed by atoms with Crippen LogP contribution in [-0.4, -0.2) is 22.3 Å². The first-order valence-electron chi connectivity index (χ1n) is 5.59. The topological polar surface area (TPSA) is 77.3 Å². The van der Waals surface area contributed by atoms with Gasteiger partial charge in [-0.05, 0) is 31.1 Å². The zero-order chi connectivity index (χ0) is 13.8. The van der Waals surface area contributed by atoms with Crippen molar-refractivity contribution in [2.24, 2.45) is 0 Å². The van der Waals surface area contributed by atoms with Gasteiger partial charge in [0, 0.05) is 0 Å². The molecule has 1 aromatic heterocycles. The monoisotopic (exact) mass is 265 g/mol. The molecular formula is C12H12FN3O3. The van der Waals surface area contributed by atoms with E-state index in [-0.39, 0.29) is 11.6 Å². The molecule has 0 unspecified atom stereocenters. The molecule has 1 aromatic carbocycles. The van der Waals surface area contributed by atoms with E-state index in [1.165, 1.54) is 25.1 Å². The summed E-state index contributed by atoms with van der Waals surface area (Å²) in [5.74, 6) is -0.766. The van der Waals surface area contributed by atoms with Gasteiger partial charge in [-0.25, -0.2) is 9.02 Å². The molecule has 100 valence electrons. The van der Waals surface area contributed by atoms with Crippen LogP contribution >= 0.6 is 0 Å². The first-order chi connectivity index (χ1) is 9.08. The molecular weight excluding hydrogens is 253 g/mol. The molecule has 2 aromatic rings. The number of nitrogens with one attached hydrogen (secondary N) is 1. The average molecular weight is 265 g/mol. The number of aromatic nitrogens is 2. The summed E-state index contributed by atoms with van der Waals surface area (Å²) in [6.45, 7) is 3.14. The van der Waals surface area contributed by atoms with Gasteiger partial charge in [0.15, 0.2) is 23.5 Å². The fourth-order valence-electron chi connectivity index (χ4n) is 1.35. The van der Waals surface area contributed by atoms with Crippen LogP contribution in [0.2, 0.25) is 0 Å². The maximum Gasteiger partial charge on any atom is 0.266 e. The minimum Gasteiger partial charge on any atom is -0.478 e. The first-order valence-corrected chi connectivity index (χ1v) is 5.59. The third-order valence-electron chi connectivity index (χ3n) is 2.40. The lowest BCUT2D eigenvalue weighted by molar-refractivity contribution is -0.122. The number of halogens is 1. The molecule has 0 bridgehead atoms. The quantitative estimate of drug-likeness (QED) is 0.913. The number of carbonyl (C=O) groups is 1. The lowest BCUT2D eigenvalue weighted by atomic mass is 10.3. The molecule has 0 saturated carbocycles. The number of anilines is 1. The number of nitrogens with zero attached hydrogens (tertiary/aromatic N) is 2. The highest BCUT2D eigenvalue weighted by Gasteiger charge is 2.19. The van der Waals surface area contributed by atoms with Crippen LogP contribution in [0.4, 0.5) is 10.2 Å². The van der Waals surface area contributed by atoms with Crippen molar-refractivity contribution in [1.29, 1.82) is 0 Å².